The van der Waals surface area contributed by atoms with Gasteiger partial charge in [-0.2, -0.15) is 4.31 Å². The van der Waals surface area contributed by atoms with Gasteiger partial charge in [0.05, 0.1) is 7.11 Å². The van der Waals surface area contributed by atoms with Gasteiger partial charge in [-0.1, -0.05) is 0 Å². The zero-order valence-electron chi connectivity index (χ0n) is 12.9. The molecule has 0 amide bonds. The first-order valence-corrected chi connectivity index (χ1v) is 8.26. The zero-order chi connectivity index (χ0) is 15.6. The number of likely N-dealkylation sites (N-methyl/N-ethyl adjacent to an activating group) is 1. The van der Waals surface area contributed by atoms with Gasteiger partial charge < -0.3 is 14.6 Å². The Morgan fingerprint density at radius 3 is 2.73 bits per heavy atom. The Labute approximate surface area is 137 Å². The highest BCUT2D eigenvalue weighted by atomic mass is 35.5. The number of piperidine rings is 1. The maximum absolute atomic E-state index is 12.7. The predicted octanol–water partition coefficient (Wildman–Crippen LogP) is 0.606. The van der Waals surface area contributed by atoms with Crippen LogP contribution in [-0.4, -0.2) is 56.5 Å². The van der Waals surface area contributed by atoms with E-state index in [4.69, 9.17) is 0 Å². The van der Waals surface area contributed by atoms with Gasteiger partial charge in [0, 0.05) is 32.4 Å². The molecule has 0 saturated carbocycles. The summed E-state index contributed by atoms with van der Waals surface area (Å²) in [7, 11) is 1.14. The van der Waals surface area contributed by atoms with E-state index in [2.05, 4.69) is 10.1 Å². The highest BCUT2D eigenvalue weighted by molar-refractivity contribution is 7.89. The number of esters is 1. The van der Waals surface area contributed by atoms with E-state index < -0.39 is 16.0 Å². The second kappa shape index (κ2) is 7.45. The fraction of sp³-hybridized carbons (Fsp3) is 0.615. The molecule has 0 aromatic carbocycles. The highest BCUT2D eigenvalue weighted by Gasteiger charge is 2.31. The number of carbonyl (C=O) groups is 1. The van der Waals surface area contributed by atoms with Crippen LogP contribution in [0.2, 0.25) is 0 Å². The average molecular weight is 352 g/mol. The molecule has 2 heterocycles. The number of ether oxygens (including phenoxy) is 1. The van der Waals surface area contributed by atoms with Crippen LogP contribution in [-0.2, 0) is 21.8 Å². The number of hydrogen-bond donors (Lipinski definition) is 1. The summed E-state index contributed by atoms with van der Waals surface area (Å²) in [6, 6.07) is 1.53. The average Bonchev–Trinajstić information content (AvgIpc) is 2.89. The van der Waals surface area contributed by atoms with Gasteiger partial charge in [-0.15, -0.1) is 12.4 Å². The quantitative estimate of drug-likeness (QED) is 0.804. The molecule has 0 spiro atoms. The van der Waals surface area contributed by atoms with Gasteiger partial charge in [-0.05, 0) is 26.0 Å². The van der Waals surface area contributed by atoms with Crippen LogP contribution in [0.15, 0.2) is 17.2 Å². The van der Waals surface area contributed by atoms with Gasteiger partial charge in [-0.25, -0.2) is 13.2 Å². The minimum atomic E-state index is -3.58. The summed E-state index contributed by atoms with van der Waals surface area (Å²) in [6.07, 6.45) is 3.23. The molecule has 1 unspecified atom stereocenters. The number of halogens is 1. The first kappa shape index (κ1) is 19.0. The van der Waals surface area contributed by atoms with E-state index in [1.165, 1.54) is 28.2 Å². The number of methoxy groups -OCH3 is 1. The molecule has 1 fully saturated rings. The van der Waals surface area contributed by atoms with E-state index in [-0.39, 0.29) is 29.0 Å². The SMILES string of the molecule is CNC1CCCN(S(=O)(=O)c2cc(C(=O)OC)n(C)c2)C1.Cl. The molecule has 22 heavy (non-hydrogen) atoms. The van der Waals surface area contributed by atoms with Crippen molar-refractivity contribution in [1.82, 2.24) is 14.2 Å². The summed E-state index contributed by atoms with van der Waals surface area (Å²) in [6.45, 7) is 0.949. The molecule has 0 aliphatic carbocycles. The first-order chi connectivity index (χ1) is 9.90. The lowest BCUT2D eigenvalue weighted by Gasteiger charge is -2.31. The maximum atomic E-state index is 12.7. The highest BCUT2D eigenvalue weighted by Crippen LogP contribution is 2.22. The van der Waals surface area contributed by atoms with Crippen molar-refractivity contribution in [3.63, 3.8) is 0 Å². The summed E-state index contributed by atoms with van der Waals surface area (Å²) in [5.74, 6) is -0.550. The van der Waals surface area contributed by atoms with Crippen LogP contribution in [0, 0.1) is 0 Å². The summed E-state index contributed by atoms with van der Waals surface area (Å²) in [5, 5.41) is 3.12. The third-order valence-electron chi connectivity index (χ3n) is 3.80. The van der Waals surface area contributed by atoms with Crippen molar-refractivity contribution < 1.29 is 17.9 Å². The van der Waals surface area contributed by atoms with E-state index in [0.717, 1.165) is 12.8 Å². The second-order valence-electron chi connectivity index (χ2n) is 5.15. The summed E-state index contributed by atoms with van der Waals surface area (Å²) in [5.41, 5.74) is 0.221. The smallest absolute Gasteiger partial charge is 0.354 e. The Balaban J connectivity index is 0.00000242. The van der Waals surface area contributed by atoms with Crippen LogP contribution in [0.5, 0.6) is 0 Å². The van der Waals surface area contributed by atoms with Crippen molar-refractivity contribution in [2.45, 2.75) is 23.8 Å². The Morgan fingerprint density at radius 1 is 1.45 bits per heavy atom. The first-order valence-electron chi connectivity index (χ1n) is 6.82. The molecule has 1 aliphatic rings. The molecular formula is C13H22ClN3O4S. The number of rotatable bonds is 4. The van der Waals surface area contributed by atoms with Crippen LogP contribution in [0.25, 0.3) is 0 Å². The number of carbonyl (C=O) groups excluding carboxylic acids is 1. The molecule has 1 atom stereocenters. The number of sulfonamides is 1. The van der Waals surface area contributed by atoms with E-state index in [0.29, 0.717) is 13.1 Å². The van der Waals surface area contributed by atoms with Gasteiger partial charge in [0.15, 0.2) is 0 Å². The molecule has 1 aromatic heterocycles. The summed E-state index contributed by atoms with van der Waals surface area (Å²) in [4.78, 5) is 11.7. The van der Waals surface area contributed by atoms with Crippen molar-refractivity contribution in [3.05, 3.63) is 18.0 Å². The number of nitrogens with zero attached hydrogens (tertiary/aromatic N) is 2. The van der Waals surface area contributed by atoms with Gasteiger partial charge in [0.25, 0.3) is 0 Å². The van der Waals surface area contributed by atoms with Crippen molar-refractivity contribution in [1.29, 1.82) is 0 Å². The maximum Gasteiger partial charge on any atom is 0.354 e. The fourth-order valence-electron chi connectivity index (χ4n) is 2.53. The van der Waals surface area contributed by atoms with Crippen molar-refractivity contribution >= 4 is 28.4 Å². The Kier molecular flexibility index (Phi) is 6.42. The summed E-state index contributed by atoms with van der Waals surface area (Å²) >= 11 is 0. The van der Waals surface area contributed by atoms with Crippen molar-refractivity contribution in [2.75, 3.05) is 27.2 Å². The van der Waals surface area contributed by atoms with E-state index in [1.54, 1.807) is 7.05 Å². The van der Waals surface area contributed by atoms with Gasteiger partial charge >= 0.3 is 5.97 Å². The fourth-order valence-corrected chi connectivity index (χ4v) is 4.12. The minimum Gasteiger partial charge on any atom is -0.464 e. The Morgan fingerprint density at radius 2 is 2.14 bits per heavy atom. The van der Waals surface area contributed by atoms with Crippen LogP contribution < -0.4 is 5.32 Å². The zero-order valence-corrected chi connectivity index (χ0v) is 14.5. The largest absolute Gasteiger partial charge is 0.464 e. The lowest BCUT2D eigenvalue weighted by atomic mass is 10.1. The molecule has 1 aliphatic heterocycles. The molecule has 7 nitrogen and oxygen atoms in total. The van der Waals surface area contributed by atoms with Crippen LogP contribution >= 0.6 is 12.4 Å². The lowest BCUT2D eigenvalue weighted by Crippen LogP contribution is -2.46. The molecule has 1 N–H and O–H groups in total. The molecule has 126 valence electrons. The van der Waals surface area contributed by atoms with Gasteiger partial charge in [0.1, 0.15) is 10.6 Å². The molecular weight excluding hydrogens is 330 g/mol. The van der Waals surface area contributed by atoms with Crippen LogP contribution in [0.3, 0.4) is 0 Å². The number of hydrogen-bond acceptors (Lipinski definition) is 5. The molecule has 2 rings (SSSR count). The Bertz CT molecular complexity index is 629. The van der Waals surface area contributed by atoms with E-state index in [1.807, 2.05) is 7.05 Å². The standard InChI is InChI=1S/C13H21N3O4S.ClH/c1-14-10-5-4-6-16(8-10)21(18,19)11-7-12(13(17)20-3)15(2)9-11;/h7,9-10,14H,4-6,8H2,1-3H3;1H. The van der Waals surface area contributed by atoms with Gasteiger partial charge in [0.2, 0.25) is 10.0 Å². The number of nitrogens with one attached hydrogen (secondary N) is 1. The third-order valence-corrected chi connectivity index (χ3v) is 5.63. The molecule has 0 bridgehead atoms. The molecule has 1 saturated heterocycles. The predicted molar refractivity (Wildman–Crippen MR) is 84.8 cm³/mol. The molecule has 1 aromatic rings. The summed E-state index contributed by atoms with van der Waals surface area (Å²) < 4.78 is 32.9. The Hall–Kier alpha value is -1.09. The normalized spacial score (nSPS) is 19.5. The molecule has 0 radical (unpaired) electrons. The number of aromatic nitrogens is 1. The molecule has 9 heteroatoms. The second-order valence-corrected chi connectivity index (χ2v) is 7.09. The van der Waals surface area contributed by atoms with Crippen molar-refractivity contribution in [2.24, 2.45) is 7.05 Å². The monoisotopic (exact) mass is 351 g/mol. The van der Waals surface area contributed by atoms with Gasteiger partial charge in [-0.3, -0.25) is 0 Å². The minimum absolute atomic E-state index is 0. The van der Waals surface area contributed by atoms with Crippen LogP contribution in [0.4, 0.5) is 0 Å². The number of aryl methyl sites for hydroxylation is 1. The topological polar surface area (TPSA) is 80.6 Å². The third kappa shape index (κ3) is 3.62. The van der Waals surface area contributed by atoms with E-state index >= 15 is 0 Å². The lowest BCUT2D eigenvalue weighted by molar-refractivity contribution is 0.0590. The van der Waals surface area contributed by atoms with Crippen molar-refractivity contribution in [3.8, 4) is 0 Å². The van der Waals surface area contributed by atoms with Crippen LogP contribution in [0.1, 0.15) is 23.3 Å². The van der Waals surface area contributed by atoms with E-state index in [9.17, 15) is 13.2 Å².